The minimum absolute atomic E-state index is 0.0977. The van der Waals surface area contributed by atoms with Crippen LogP contribution in [-0.4, -0.2) is 50.6 Å². The normalized spacial score (nSPS) is 13.4. The molecule has 1 atom stereocenters. The third-order valence-corrected chi connectivity index (χ3v) is 8.41. The van der Waals surface area contributed by atoms with E-state index in [0.717, 1.165) is 99.8 Å². The first-order valence-electron chi connectivity index (χ1n) is 15.9. The van der Waals surface area contributed by atoms with Crippen LogP contribution in [0.4, 0.5) is 0 Å². The van der Waals surface area contributed by atoms with Gasteiger partial charge >= 0.3 is 0 Å². The number of aryl methyl sites for hydroxylation is 2. The predicted octanol–water partition coefficient (Wildman–Crippen LogP) is 7.54. The van der Waals surface area contributed by atoms with Gasteiger partial charge in [0.25, 0.3) is 0 Å². The summed E-state index contributed by atoms with van der Waals surface area (Å²) in [6, 6.07) is 15.7. The quantitative estimate of drug-likeness (QED) is 0.118. The van der Waals surface area contributed by atoms with Gasteiger partial charge in [-0.15, -0.1) is 0 Å². The van der Waals surface area contributed by atoms with Crippen LogP contribution in [0.2, 0.25) is 0 Å². The number of carbonyl (C=O) groups excluding carboxylic acids is 1. The van der Waals surface area contributed by atoms with Crippen LogP contribution in [0.5, 0.6) is 0 Å². The van der Waals surface area contributed by atoms with Crippen molar-refractivity contribution in [3.8, 4) is 0 Å². The average molecular weight is 581 g/mol. The van der Waals surface area contributed by atoms with Crippen molar-refractivity contribution >= 4 is 24.1 Å². The topological polar surface area (TPSA) is 56.7 Å². The number of aldehydes is 1. The van der Waals surface area contributed by atoms with E-state index in [2.05, 4.69) is 96.7 Å². The first kappa shape index (κ1) is 34.0. The number of hydrogen-bond acceptors (Lipinski definition) is 5. The molecule has 0 saturated carbocycles. The molecule has 2 aromatic carbocycles. The van der Waals surface area contributed by atoms with Crippen LogP contribution in [0.25, 0.3) is 11.6 Å². The van der Waals surface area contributed by atoms with Crippen LogP contribution in [0, 0.1) is 0 Å². The minimum Gasteiger partial charge on any atom is -0.391 e. The third kappa shape index (κ3) is 10.3. The number of carbonyl (C=O) groups is 1. The van der Waals surface area contributed by atoms with Crippen LogP contribution < -0.4 is 10.6 Å². The Morgan fingerprint density at radius 3 is 2.51 bits per heavy atom. The van der Waals surface area contributed by atoms with E-state index in [9.17, 15) is 4.79 Å². The average Bonchev–Trinajstić information content (AvgIpc) is 3.52. The molecule has 0 radical (unpaired) electrons. The second-order valence-corrected chi connectivity index (χ2v) is 11.5. The summed E-state index contributed by atoms with van der Waals surface area (Å²) in [6.45, 7) is 17.5. The highest BCUT2D eigenvalue weighted by Gasteiger charge is 2.19. The zero-order valence-corrected chi connectivity index (χ0v) is 26.8. The Balaban J connectivity index is 1.40. The Morgan fingerprint density at radius 1 is 1.07 bits per heavy atom. The maximum Gasteiger partial charge on any atom is 0.120 e. The summed E-state index contributed by atoms with van der Waals surface area (Å²) in [4.78, 5) is 17.9. The first-order valence-corrected chi connectivity index (χ1v) is 15.9. The second kappa shape index (κ2) is 18.2. The molecule has 0 fully saturated rings. The molecule has 1 heterocycles. The molecule has 5 heteroatoms. The third-order valence-electron chi connectivity index (χ3n) is 8.41. The molecule has 3 rings (SSSR count). The fourth-order valence-corrected chi connectivity index (χ4v) is 5.74. The van der Waals surface area contributed by atoms with Gasteiger partial charge in [-0.05, 0) is 104 Å². The molecule has 5 nitrogen and oxygen atoms in total. The van der Waals surface area contributed by atoms with E-state index in [1.165, 1.54) is 27.8 Å². The highest BCUT2D eigenvalue weighted by Crippen LogP contribution is 2.32. The van der Waals surface area contributed by atoms with Gasteiger partial charge in [-0.2, -0.15) is 0 Å². The fourth-order valence-electron chi connectivity index (χ4n) is 5.74. The summed E-state index contributed by atoms with van der Waals surface area (Å²) < 4.78 is 0. The summed E-state index contributed by atoms with van der Waals surface area (Å²) in [7, 11) is 3.98. The Labute approximate surface area is 260 Å². The summed E-state index contributed by atoms with van der Waals surface area (Å²) in [5, 5.41) is 6.80. The van der Waals surface area contributed by atoms with E-state index in [-0.39, 0.29) is 6.04 Å². The number of unbranched alkanes of at least 4 members (excludes halogenated alkanes) is 1. The molecule has 2 aromatic rings. The number of nitrogens with one attached hydrogen (secondary N) is 2. The molecule has 0 aliphatic carbocycles. The van der Waals surface area contributed by atoms with Gasteiger partial charge in [0.2, 0.25) is 0 Å². The maximum atomic E-state index is 11.0. The SMILES string of the molecule is C=Cc1ccc(CCCNCCCCC(=C)C2=C(c3ccc(CC)cc3)CC=N2)cc1CN(C)C(CCC=O)C(=C)NC. The lowest BCUT2D eigenvalue weighted by molar-refractivity contribution is -0.108. The predicted molar refractivity (Wildman–Crippen MR) is 185 cm³/mol. The molecule has 0 spiro atoms. The smallest absolute Gasteiger partial charge is 0.120 e. The lowest BCUT2D eigenvalue weighted by atomic mass is 9.96. The van der Waals surface area contributed by atoms with E-state index in [0.29, 0.717) is 6.42 Å². The maximum absolute atomic E-state index is 11.0. The van der Waals surface area contributed by atoms with Gasteiger partial charge in [-0.1, -0.05) is 75.2 Å². The summed E-state index contributed by atoms with van der Waals surface area (Å²) in [5.74, 6) is 0. The molecule has 1 aliphatic rings. The van der Waals surface area contributed by atoms with E-state index >= 15 is 0 Å². The number of aliphatic imine (C=N–C) groups is 1. The Morgan fingerprint density at radius 2 is 1.81 bits per heavy atom. The van der Waals surface area contributed by atoms with Crippen molar-refractivity contribution in [2.75, 3.05) is 27.2 Å². The molecular weight excluding hydrogens is 528 g/mol. The Bertz CT molecular complexity index is 1290. The van der Waals surface area contributed by atoms with E-state index in [1.54, 1.807) is 0 Å². The van der Waals surface area contributed by atoms with E-state index in [1.807, 2.05) is 19.3 Å². The largest absolute Gasteiger partial charge is 0.391 e. The van der Waals surface area contributed by atoms with Crippen molar-refractivity contribution in [2.24, 2.45) is 4.99 Å². The van der Waals surface area contributed by atoms with Gasteiger partial charge in [0.05, 0.1) is 5.70 Å². The number of benzene rings is 2. The summed E-state index contributed by atoms with van der Waals surface area (Å²) in [6.07, 6.45) is 13.5. The number of allylic oxidation sites excluding steroid dienone is 2. The van der Waals surface area contributed by atoms with Crippen molar-refractivity contribution < 1.29 is 4.79 Å². The molecule has 0 aromatic heterocycles. The van der Waals surface area contributed by atoms with Crippen LogP contribution in [0.3, 0.4) is 0 Å². The molecule has 1 unspecified atom stereocenters. The Hall–Kier alpha value is -3.54. The van der Waals surface area contributed by atoms with Crippen LogP contribution in [-0.2, 0) is 24.2 Å². The highest BCUT2D eigenvalue weighted by atomic mass is 16.1. The molecule has 0 amide bonds. The molecule has 2 N–H and O–H groups in total. The van der Waals surface area contributed by atoms with Crippen LogP contribution >= 0.6 is 0 Å². The monoisotopic (exact) mass is 580 g/mol. The van der Waals surface area contributed by atoms with Crippen LogP contribution in [0.1, 0.15) is 79.7 Å². The van der Waals surface area contributed by atoms with Crippen molar-refractivity contribution in [3.05, 3.63) is 107 Å². The van der Waals surface area contributed by atoms with Gasteiger partial charge in [-0.3, -0.25) is 9.89 Å². The zero-order chi connectivity index (χ0) is 31.0. The summed E-state index contributed by atoms with van der Waals surface area (Å²) >= 11 is 0. The zero-order valence-electron chi connectivity index (χ0n) is 26.8. The van der Waals surface area contributed by atoms with Crippen LogP contribution in [0.15, 0.2) is 84.2 Å². The van der Waals surface area contributed by atoms with E-state index in [4.69, 9.17) is 0 Å². The molecule has 0 saturated heterocycles. The molecular formula is C38H52N4O. The number of likely N-dealkylation sites (N-methyl/N-ethyl adjacent to an activating group) is 2. The molecule has 43 heavy (non-hydrogen) atoms. The lowest BCUT2D eigenvalue weighted by Gasteiger charge is -2.30. The van der Waals surface area contributed by atoms with Gasteiger partial charge in [0.1, 0.15) is 6.29 Å². The number of nitrogens with zero attached hydrogens (tertiary/aromatic N) is 2. The lowest BCUT2D eigenvalue weighted by Crippen LogP contribution is -2.36. The number of rotatable bonds is 21. The number of hydrogen-bond donors (Lipinski definition) is 2. The van der Waals surface area contributed by atoms with Crippen molar-refractivity contribution in [2.45, 2.75) is 77.3 Å². The summed E-state index contributed by atoms with van der Waals surface area (Å²) in [5.41, 5.74) is 10.9. The molecule has 230 valence electrons. The molecule has 1 aliphatic heterocycles. The Kier molecular flexibility index (Phi) is 14.4. The van der Waals surface area contributed by atoms with Crippen molar-refractivity contribution in [1.82, 2.24) is 15.5 Å². The van der Waals surface area contributed by atoms with Gasteiger partial charge in [0, 0.05) is 44.4 Å². The first-order chi connectivity index (χ1) is 20.9. The van der Waals surface area contributed by atoms with Crippen molar-refractivity contribution in [3.63, 3.8) is 0 Å². The van der Waals surface area contributed by atoms with Crippen molar-refractivity contribution in [1.29, 1.82) is 0 Å². The fraction of sp³-hybridized carbons (Fsp3) is 0.421. The van der Waals surface area contributed by atoms with E-state index < -0.39 is 0 Å². The van der Waals surface area contributed by atoms with Gasteiger partial charge < -0.3 is 15.4 Å². The molecule has 0 bridgehead atoms. The second-order valence-electron chi connectivity index (χ2n) is 11.5. The standard InChI is InChI=1S/C38H52N4O/c1-7-31-16-20-34(21-17-31)36-22-25-41-38(36)29(3)13-9-10-23-40-24-11-14-32-18-19-33(8-2)35(27-32)28-42(6)37(15-12-26-43)30(4)39-5/h8,16-21,25-27,37,39-40H,2-4,7,9-15,22-24,28H2,1,5-6H3. The minimum atomic E-state index is 0.0977. The van der Waals surface area contributed by atoms with Gasteiger partial charge in [-0.25, -0.2) is 0 Å². The highest BCUT2D eigenvalue weighted by molar-refractivity contribution is 5.88. The van der Waals surface area contributed by atoms with Gasteiger partial charge in [0.15, 0.2) is 0 Å².